The van der Waals surface area contributed by atoms with Crippen LogP contribution in [-0.2, 0) is 11.2 Å². The van der Waals surface area contributed by atoms with Crippen molar-refractivity contribution in [3.8, 4) is 5.75 Å². The molecule has 4 aromatic carbocycles. The number of nitrogen functional groups attached to an aromatic ring is 1. The van der Waals surface area contributed by atoms with Gasteiger partial charge in [-0.1, -0.05) is 66.7 Å². The lowest BCUT2D eigenvalue weighted by atomic mass is 9.76. The van der Waals surface area contributed by atoms with Crippen LogP contribution in [-0.4, -0.2) is 102 Å². The number of aryl methyl sites for hydroxylation is 2. The number of rotatable bonds is 15. The number of nitrogens with zero attached hydrogens (tertiary/aromatic N) is 2. The summed E-state index contributed by atoms with van der Waals surface area (Å²) in [6.07, 6.45) is 6.41. The highest BCUT2D eigenvalue weighted by Crippen LogP contribution is 2.41. The van der Waals surface area contributed by atoms with Crippen molar-refractivity contribution in [2.45, 2.75) is 101 Å². The first-order valence-electron chi connectivity index (χ1n) is 23.3. The molecule has 4 aliphatic rings. The van der Waals surface area contributed by atoms with Crippen molar-refractivity contribution in [2.75, 3.05) is 52.1 Å². The molecule has 2 saturated heterocycles. The van der Waals surface area contributed by atoms with Gasteiger partial charge in [0.15, 0.2) is 11.6 Å². The number of hydrogen-bond donors (Lipinski definition) is 7. The predicted octanol–water partition coefficient (Wildman–Crippen LogP) is 6.42. The van der Waals surface area contributed by atoms with Crippen LogP contribution >= 0.6 is 0 Å². The third kappa shape index (κ3) is 12.2. The molecule has 2 amide bonds. The molecule has 12 nitrogen and oxygen atoms in total. The van der Waals surface area contributed by atoms with Crippen LogP contribution in [0.3, 0.4) is 0 Å². The molecule has 2 aliphatic carbocycles. The SMILES string of the molecule is C=C(CNC(=O)c1cccc(C)c1)NC1CN(C2CCC(O)(c3ccc(OC)c(F)c3)CC2)C1.C=C(CNC(=O)c1cccc(C)c1)NC1CN(C2CCC(O)(c3cccc(N)c3)CC2)C1. The molecule has 0 radical (unpaired) electrons. The van der Waals surface area contributed by atoms with Crippen LogP contribution in [0.4, 0.5) is 10.1 Å². The van der Waals surface area contributed by atoms with Gasteiger partial charge in [0.2, 0.25) is 0 Å². The van der Waals surface area contributed by atoms with E-state index in [1.807, 2.05) is 80.6 Å². The number of ether oxygens (including phenoxy) is 1. The van der Waals surface area contributed by atoms with Gasteiger partial charge in [0.25, 0.3) is 11.8 Å². The van der Waals surface area contributed by atoms with E-state index >= 15 is 0 Å². The van der Waals surface area contributed by atoms with Crippen LogP contribution < -0.4 is 31.7 Å². The first kappa shape index (κ1) is 48.2. The number of hydrogen-bond acceptors (Lipinski definition) is 10. The summed E-state index contributed by atoms with van der Waals surface area (Å²) in [7, 11) is 1.43. The van der Waals surface area contributed by atoms with E-state index in [1.165, 1.54) is 13.2 Å². The maximum atomic E-state index is 14.1. The Bertz CT molecular complexity index is 2350. The Balaban J connectivity index is 0.000000197. The van der Waals surface area contributed by atoms with Gasteiger partial charge in [0, 0.05) is 66.5 Å². The van der Waals surface area contributed by atoms with Crippen molar-refractivity contribution in [3.63, 3.8) is 0 Å². The summed E-state index contributed by atoms with van der Waals surface area (Å²) < 4.78 is 19.1. The van der Waals surface area contributed by atoms with Crippen LogP contribution in [0.2, 0.25) is 0 Å². The smallest absolute Gasteiger partial charge is 0.251 e. The summed E-state index contributed by atoms with van der Waals surface area (Å²) in [6, 6.07) is 29.0. The molecule has 2 heterocycles. The average Bonchev–Trinajstić information content (AvgIpc) is 3.28. The minimum absolute atomic E-state index is 0.0817. The summed E-state index contributed by atoms with van der Waals surface area (Å²) in [5.41, 5.74) is 11.5. The van der Waals surface area contributed by atoms with E-state index in [2.05, 4.69) is 44.2 Å². The second kappa shape index (κ2) is 21.3. The monoisotopic (exact) mass is 902 g/mol. The molecular formula is C53H68FN7O5. The molecular weight excluding hydrogens is 834 g/mol. The molecule has 0 unspecified atom stereocenters. The highest BCUT2D eigenvalue weighted by molar-refractivity contribution is 5.95. The van der Waals surface area contributed by atoms with Crippen molar-refractivity contribution in [1.29, 1.82) is 0 Å². The first-order valence-corrected chi connectivity index (χ1v) is 23.3. The minimum Gasteiger partial charge on any atom is -0.494 e. The Kier molecular flexibility index (Phi) is 15.5. The Labute approximate surface area is 389 Å². The molecule has 0 bridgehead atoms. The van der Waals surface area contributed by atoms with Gasteiger partial charge in [-0.3, -0.25) is 19.4 Å². The molecule has 8 N–H and O–H groups in total. The lowest BCUT2D eigenvalue weighted by molar-refractivity contribution is -0.0399. The molecule has 8 rings (SSSR count). The number of aliphatic hydroxyl groups is 2. The summed E-state index contributed by atoms with van der Waals surface area (Å²) in [5.74, 6) is -0.436. The van der Waals surface area contributed by atoms with E-state index in [9.17, 15) is 24.2 Å². The Morgan fingerprint density at radius 2 is 1.12 bits per heavy atom. The lowest BCUT2D eigenvalue weighted by Crippen LogP contribution is -2.62. The average molecular weight is 902 g/mol. The van der Waals surface area contributed by atoms with Crippen molar-refractivity contribution in [3.05, 3.63) is 155 Å². The van der Waals surface area contributed by atoms with Crippen LogP contribution in [0, 0.1) is 19.7 Å². The van der Waals surface area contributed by atoms with Crippen molar-refractivity contribution >= 4 is 17.5 Å². The number of anilines is 1. The van der Waals surface area contributed by atoms with Gasteiger partial charge in [-0.25, -0.2) is 4.39 Å². The summed E-state index contributed by atoms with van der Waals surface area (Å²) >= 11 is 0. The molecule has 352 valence electrons. The number of amides is 2. The molecule has 13 heteroatoms. The fraction of sp³-hybridized carbons (Fsp3) is 0.434. The zero-order chi connectivity index (χ0) is 47.0. The van der Waals surface area contributed by atoms with Gasteiger partial charge < -0.3 is 42.0 Å². The zero-order valence-corrected chi connectivity index (χ0v) is 38.8. The minimum atomic E-state index is -0.990. The van der Waals surface area contributed by atoms with Gasteiger partial charge in [-0.05, 0) is 125 Å². The molecule has 4 fully saturated rings. The highest BCUT2D eigenvalue weighted by atomic mass is 19.1. The summed E-state index contributed by atoms with van der Waals surface area (Å²) in [6.45, 7) is 16.6. The quantitative estimate of drug-likeness (QED) is 0.0664. The molecule has 66 heavy (non-hydrogen) atoms. The normalized spacial score (nSPS) is 23.5. The third-order valence-electron chi connectivity index (χ3n) is 13.8. The number of halogens is 1. The predicted molar refractivity (Wildman–Crippen MR) is 258 cm³/mol. The third-order valence-corrected chi connectivity index (χ3v) is 13.8. The Hall–Kier alpha value is -5.73. The van der Waals surface area contributed by atoms with E-state index in [4.69, 9.17) is 10.5 Å². The molecule has 0 atom stereocenters. The second-order valence-corrected chi connectivity index (χ2v) is 18.9. The Morgan fingerprint density at radius 1 is 0.682 bits per heavy atom. The topological polar surface area (TPSA) is 164 Å². The van der Waals surface area contributed by atoms with Gasteiger partial charge in [-0.15, -0.1) is 0 Å². The fourth-order valence-corrected chi connectivity index (χ4v) is 9.89. The fourth-order valence-electron chi connectivity index (χ4n) is 9.89. The van der Waals surface area contributed by atoms with E-state index in [0.29, 0.717) is 72.5 Å². The van der Waals surface area contributed by atoms with Gasteiger partial charge in [0.1, 0.15) is 0 Å². The molecule has 2 aliphatic heterocycles. The number of methoxy groups -OCH3 is 1. The first-order chi connectivity index (χ1) is 31.6. The van der Waals surface area contributed by atoms with Crippen LogP contribution in [0.15, 0.2) is 116 Å². The van der Waals surface area contributed by atoms with Gasteiger partial charge in [-0.2, -0.15) is 0 Å². The number of nitrogens with two attached hydrogens (primary N) is 1. The number of benzene rings is 4. The van der Waals surface area contributed by atoms with Crippen LogP contribution in [0.25, 0.3) is 0 Å². The van der Waals surface area contributed by atoms with Crippen molar-refractivity contribution < 1.29 is 28.9 Å². The maximum absolute atomic E-state index is 14.1. The lowest BCUT2D eigenvalue weighted by Gasteiger charge is -2.48. The van der Waals surface area contributed by atoms with Crippen LogP contribution in [0.1, 0.15) is 94.3 Å². The largest absolute Gasteiger partial charge is 0.494 e. The van der Waals surface area contributed by atoms with E-state index < -0.39 is 17.0 Å². The standard InChI is InChI=1S/C27H34FN3O3.C26H34N4O2/c1-18-5-4-6-20(13-18)26(32)29-15-19(2)30-22-16-31(17-22)23-9-11-27(33,12-10-23)21-7-8-25(34-3)24(28)14-21;1-18-5-3-6-20(13-18)25(31)28-15-19(2)29-23-16-30(17-23)24-9-11-26(32,12-10-24)21-7-4-8-22(27)14-21/h4-8,13-14,22-23,30,33H,2,9-12,15-17H2,1,3H3,(H,29,32);3-8,13-14,23-24,29,32H,2,9-12,15-17,27H2,1H3,(H,28,31). The number of likely N-dealkylation sites (tertiary alicyclic amines) is 2. The number of carbonyl (C=O) groups excluding carboxylic acids is 2. The number of carbonyl (C=O) groups is 2. The number of nitrogens with one attached hydrogen (secondary N) is 4. The molecule has 4 aromatic rings. The molecule has 0 spiro atoms. The Morgan fingerprint density at radius 3 is 1.53 bits per heavy atom. The van der Waals surface area contributed by atoms with E-state index in [-0.39, 0.29) is 17.6 Å². The van der Waals surface area contributed by atoms with E-state index in [1.54, 1.807) is 18.2 Å². The van der Waals surface area contributed by atoms with Crippen molar-refractivity contribution in [2.24, 2.45) is 0 Å². The summed E-state index contributed by atoms with van der Waals surface area (Å²) in [5, 5.41) is 34.9. The summed E-state index contributed by atoms with van der Waals surface area (Å²) in [4.78, 5) is 29.5. The van der Waals surface area contributed by atoms with Gasteiger partial charge >= 0.3 is 0 Å². The molecule has 0 aromatic heterocycles. The zero-order valence-electron chi connectivity index (χ0n) is 38.8. The highest BCUT2D eigenvalue weighted by Gasteiger charge is 2.42. The van der Waals surface area contributed by atoms with Crippen molar-refractivity contribution in [1.82, 2.24) is 31.1 Å². The second-order valence-electron chi connectivity index (χ2n) is 18.9. The van der Waals surface area contributed by atoms with E-state index in [0.717, 1.165) is 92.8 Å². The maximum Gasteiger partial charge on any atom is 0.251 e. The molecule has 2 saturated carbocycles. The van der Waals surface area contributed by atoms with Gasteiger partial charge in [0.05, 0.1) is 43.5 Å². The van der Waals surface area contributed by atoms with Crippen LogP contribution in [0.5, 0.6) is 5.75 Å².